The van der Waals surface area contributed by atoms with Gasteiger partial charge in [-0.1, -0.05) is 30.1 Å². The van der Waals surface area contributed by atoms with Gasteiger partial charge in [0.15, 0.2) is 0 Å². The molecule has 2 rings (SSSR count). The maximum absolute atomic E-state index is 12.4. The summed E-state index contributed by atoms with van der Waals surface area (Å²) in [5, 5.41) is 6.94. The van der Waals surface area contributed by atoms with E-state index in [0.717, 1.165) is 25.9 Å². The second kappa shape index (κ2) is 7.49. The highest BCUT2D eigenvalue weighted by Crippen LogP contribution is 2.29. The summed E-state index contributed by atoms with van der Waals surface area (Å²) in [7, 11) is 0. The molecule has 1 aliphatic heterocycles. The van der Waals surface area contributed by atoms with Crippen molar-refractivity contribution in [2.24, 2.45) is 0 Å². The van der Waals surface area contributed by atoms with Gasteiger partial charge in [-0.25, -0.2) is 0 Å². The Hall–Kier alpha value is -0.750. The molecule has 2 atom stereocenters. The zero-order valence-corrected chi connectivity index (χ0v) is 13.8. The Morgan fingerprint density at radius 2 is 2.19 bits per heavy atom. The lowest BCUT2D eigenvalue weighted by molar-refractivity contribution is 0.0142. The lowest BCUT2D eigenvalue weighted by Crippen LogP contribution is -2.54. The number of H-pyrrole nitrogens is 1. The Balaban J connectivity index is 2.04. The largest absolute Gasteiger partial charge is 0.375 e. The summed E-state index contributed by atoms with van der Waals surface area (Å²) in [6.07, 6.45) is 1.76. The van der Waals surface area contributed by atoms with Gasteiger partial charge in [0.2, 0.25) is 0 Å². The van der Waals surface area contributed by atoms with E-state index in [1.54, 1.807) is 6.92 Å². The molecule has 21 heavy (non-hydrogen) atoms. The average Bonchev–Trinajstić information content (AvgIpc) is 2.74. The number of ether oxygens (including phenoxy) is 1. The minimum absolute atomic E-state index is 0.0204. The number of amides is 1. The Labute approximate surface area is 134 Å². The zero-order valence-electron chi connectivity index (χ0n) is 12.3. The van der Waals surface area contributed by atoms with Crippen molar-refractivity contribution in [3.05, 3.63) is 21.4 Å². The molecule has 0 saturated carbocycles. The van der Waals surface area contributed by atoms with Crippen LogP contribution in [0.15, 0.2) is 0 Å². The highest BCUT2D eigenvalue weighted by molar-refractivity contribution is 6.44. The number of carbonyl (C=O) groups excluding carboxylic acids is 1. The SMILES string of the molecule is CCCO[C@H]1CNCC[C@H]1NC(=O)c1[nH]c(C)c(Cl)c1Cl. The third-order valence-electron chi connectivity index (χ3n) is 3.56. The van der Waals surface area contributed by atoms with Gasteiger partial charge in [-0.05, 0) is 26.3 Å². The molecular weight excluding hydrogens is 313 g/mol. The van der Waals surface area contributed by atoms with E-state index in [-0.39, 0.29) is 23.1 Å². The van der Waals surface area contributed by atoms with Gasteiger partial charge in [0.25, 0.3) is 5.91 Å². The van der Waals surface area contributed by atoms with Gasteiger partial charge in [0.1, 0.15) is 5.69 Å². The minimum atomic E-state index is -0.244. The fraction of sp³-hybridized carbons (Fsp3) is 0.643. The summed E-state index contributed by atoms with van der Waals surface area (Å²) in [6, 6.07) is -0.0243. The molecule has 0 aromatic carbocycles. The molecule has 2 heterocycles. The van der Waals surface area contributed by atoms with E-state index < -0.39 is 0 Å². The number of rotatable bonds is 5. The quantitative estimate of drug-likeness (QED) is 0.775. The molecule has 0 aliphatic carbocycles. The first-order valence-corrected chi connectivity index (χ1v) is 7.97. The predicted octanol–water partition coefficient (Wildman–Crippen LogP) is 2.52. The summed E-state index contributed by atoms with van der Waals surface area (Å²) in [5.74, 6) is -0.244. The van der Waals surface area contributed by atoms with Gasteiger partial charge in [-0.2, -0.15) is 0 Å². The minimum Gasteiger partial charge on any atom is -0.375 e. The summed E-state index contributed by atoms with van der Waals surface area (Å²) < 4.78 is 5.79. The molecule has 1 aromatic rings. The number of halogens is 2. The molecule has 0 radical (unpaired) electrons. The van der Waals surface area contributed by atoms with Gasteiger partial charge in [-0.15, -0.1) is 0 Å². The lowest BCUT2D eigenvalue weighted by atomic mass is 10.0. The van der Waals surface area contributed by atoms with Crippen LogP contribution in [0, 0.1) is 6.92 Å². The van der Waals surface area contributed by atoms with Crippen molar-refractivity contribution in [2.45, 2.75) is 38.8 Å². The van der Waals surface area contributed by atoms with Crippen LogP contribution in [0.1, 0.15) is 35.9 Å². The molecule has 5 nitrogen and oxygen atoms in total. The monoisotopic (exact) mass is 333 g/mol. The lowest BCUT2D eigenvalue weighted by Gasteiger charge is -2.32. The van der Waals surface area contributed by atoms with Crippen molar-refractivity contribution in [3.63, 3.8) is 0 Å². The van der Waals surface area contributed by atoms with Crippen LogP contribution in [0.5, 0.6) is 0 Å². The van der Waals surface area contributed by atoms with Crippen molar-refractivity contribution in [3.8, 4) is 0 Å². The topological polar surface area (TPSA) is 66.2 Å². The van der Waals surface area contributed by atoms with Crippen molar-refractivity contribution in [1.82, 2.24) is 15.6 Å². The summed E-state index contributed by atoms with van der Waals surface area (Å²) in [4.78, 5) is 15.3. The number of hydrogen-bond donors (Lipinski definition) is 3. The highest BCUT2D eigenvalue weighted by atomic mass is 35.5. The molecule has 1 aromatic heterocycles. The zero-order chi connectivity index (χ0) is 15.4. The molecule has 118 valence electrons. The number of piperidine rings is 1. The smallest absolute Gasteiger partial charge is 0.269 e. The first-order chi connectivity index (χ1) is 10.0. The third kappa shape index (κ3) is 3.92. The van der Waals surface area contributed by atoms with Crippen LogP contribution in [0.3, 0.4) is 0 Å². The van der Waals surface area contributed by atoms with Gasteiger partial charge in [-0.3, -0.25) is 4.79 Å². The fourth-order valence-corrected chi connectivity index (χ4v) is 2.82. The third-order valence-corrected chi connectivity index (χ3v) is 4.51. The van der Waals surface area contributed by atoms with Crippen molar-refractivity contribution in [1.29, 1.82) is 0 Å². The van der Waals surface area contributed by atoms with Crippen LogP contribution < -0.4 is 10.6 Å². The Bertz CT molecular complexity index is 505. The van der Waals surface area contributed by atoms with Crippen LogP contribution in [0.4, 0.5) is 0 Å². The standard InChI is InChI=1S/C14H21Cl2N3O2/c1-3-6-21-10-7-17-5-4-9(10)19-14(20)13-12(16)11(15)8(2)18-13/h9-10,17-18H,3-7H2,1-2H3,(H,19,20)/t9-,10+/m1/s1. The first-order valence-electron chi connectivity index (χ1n) is 7.21. The van der Waals surface area contributed by atoms with Gasteiger partial charge >= 0.3 is 0 Å². The Morgan fingerprint density at radius 3 is 2.81 bits per heavy atom. The fourth-order valence-electron chi connectivity index (χ4n) is 2.41. The van der Waals surface area contributed by atoms with Crippen LogP contribution in [-0.2, 0) is 4.74 Å². The molecule has 1 aliphatic rings. The summed E-state index contributed by atoms with van der Waals surface area (Å²) in [6.45, 7) is 6.13. The van der Waals surface area contributed by atoms with E-state index in [1.807, 2.05) is 0 Å². The average molecular weight is 334 g/mol. The summed E-state index contributed by atoms with van der Waals surface area (Å²) in [5.41, 5.74) is 1.00. The number of hydrogen-bond acceptors (Lipinski definition) is 3. The molecule has 0 bridgehead atoms. The molecule has 0 unspecified atom stereocenters. The van der Waals surface area contributed by atoms with Crippen LogP contribution >= 0.6 is 23.2 Å². The second-order valence-corrected chi connectivity index (χ2v) is 5.99. The Kier molecular flexibility index (Phi) is 5.93. The van der Waals surface area contributed by atoms with Crippen LogP contribution in [-0.4, -0.2) is 42.7 Å². The van der Waals surface area contributed by atoms with E-state index in [9.17, 15) is 4.79 Å². The van der Waals surface area contributed by atoms with E-state index >= 15 is 0 Å². The van der Waals surface area contributed by atoms with E-state index in [0.29, 0.717) is 23.0 Å². The normalized spacial score (nSPS) is 22.3. The van der Waals surface area contributed by atoms with E-state index in [2.05, 4.69) is 22.5 Å². The number of carbonyl (C=O) groups is 1. The molecular formula is C14H21Cl2N3O2. The van der Waals surface area contributed by atoms with Gasteiger partial charge in [0, 0.05) is 18.8 Å². The highest BCUT2D eigenvalue weighted by Gasteiger charge is 2.28. The maximum Gasteiger partial charge on any atom is 0.269 e. The van der Waals surface area contributed by atoms with E-state index in [4.69, 9.17) is 27.9 Å². The number of aryl methyl sites for hydroxylation is 1. The molecule has 0 spiro atoms. The Morgan fingerprint density at radius 1 is 1.43 bits per heavy atom. The van der Waals surface area contributed by atoms with Crippen molar-refractivity contribution in [2.75, 3.05) is 19.7 Å². The molecule has 1 saturated heterocycles. The number of aromatic nitrogens is 1. The van der Waals surface area contributed by atoms with Gasteiger partial charge < -0.3 is 20.4 Å². The van der Waals surface area contributed by atoms with Crippen molar-refractivity contribution < 1.29 is 9.53 Å². The van der Waals surface area contributed by atoms with E-state index in [1.165, 1.54) is 0 Å². The molecule has 1 amide bonds. The van der Waals surface area contributed by atoms with Gasteiger partial charge in [0.05, 0.1) is 22.2 Å². The van der Waals surface area contributed by atoms with Crippen LogP contribution in [0.2, 0.25) is 10.0 Å². The van der Waals surface area contributed by atoms with Crippen molar-refractivity contribution >= 4 is 29.1 Å². The first kappa shape index (κ1) is 16.6. The maximum atomic E-state index is 12.4. The predicted molar refractivity (Wildman–Crippen MR) is 84.3 cm³/mol. The molecule has 3 N–H and O–H groups in total. The molecule has 1 fully saturated rings. The number of aromatic amines is 1. The van der Waals surface area contributed by atoms with Crippen LogP contribution in [0.25, 0.3) is 0 Å². The molecule has 7 heteroatoms. The second-order valence-electron chi connectivity index (χ2n) is 5.23. The number of nitrogens with one attached hydrogen (secondary N) is 3. The summed E-state index contributed by atoms with van der Waals surface area (Å²) >= 11 is 12.1.